The molecule has 0 saturated carbocycles. The fourth-order valence-corrected chi connectivity index (χ4v) is 4.27. The largest absolute Gasteiger partial charge is 0.386 e. The zero-order valence-electron chi connectivity index (χ0n) is 21.5. The van der Waals surface area contributed by atoms with Gasteiger partial charge in [0.05, 0.1) is 27.5 Å². The third-order valence-electron chi connectivity index (χ3n) is 6.21. The fourth-order valence-electron chi connectivity index (χ4n) is 4.07. The summed E-state index contributed by atoms with van der Waals surface area (Å²) in [5, 5.41) is 23.8. The lowest BCUT2D eigenvalue weighted by molar-refractivity contribution is 0.0687. The van der Waals surface area contributed by atoms with Crippen molar-refractivity contribution in [2.75, 3.05) is 5.32 Å². The number of pyridine rings is 1. The molecular weight excluding hydrogens is 517 g/mol. The zero-order chi connectivity index (χ0) is 28.0. The Morgan fingerprint density at radius 2 is 1.58 bits per heavy atom. The predicted octanol–water partition coefficient (Wildman–Crippen LogP) is 6.67. The summed E-state index contributed by atoms with van der Waals surface area (Å²) in [5.41, 5.74) is -0.226. The van der Waals surface area contributed by atoms with Crippen LogP contribution in [0.3, 0.4) is 0 Å². The minimum atomic E-state index is -3.01. The maximum atomic E-state index is 14.8. The van der Waals surface area contributed by atoms with Gasteiger partial charge in [-0.1, -0.05) is 23.7 Å². The van der Waals surface area contributed by atoms with Gasteiger partial charge >= 0.3 is 0 Å². The van der Waals surface area contributed by atoms with E-state index in [1.807, 2.05) is 0 Å². The van der Waals surface area contributed by atoms with Crippen molar-refractivity contribution in [3.8, 4) is 11.1 Å². The summed E-state index contributed by atoms with van der Waals surface area (Å²) in [7, 11) is 0. The Kier molecular flexibility index (Phi) is 7.40. The second kappa shape index (κ2) is 10.1. The van der Waals surface area contributed by atoms with E-state index in [2.05, 4.69) is 20.3 Å². The number of hydrogen-bond acceptors (Lipinski definition) is 6. The maximum Gasteiger partial charge on any atom is 0.262 e. The monoisotopic (exact) mass is 544 g/mol. The van der Waals surface area contributed by atoms with Crippen LogP contribution in [0.2, 0.25) is 5.02 Å². The molecule has 4 aromatic rings. The third-order valence-corrected chi connectivity index (χ3v) is 6.68. The van der Waals surface area contributed by atoms with Gasteiger partial charge in [-0.05, 0) is 70.0 Å². The molecule has 200 valence electrons. The topological polar surface area (TPSA) is 91.2 Å². The van der Waals surface area contributed by atoms with Crippen molar-refractivity contribution in [2.24, 2.45) is 0 Å². The highest BCUT2D eigenvalue weighted by atomic mass is 35.5. The molecule has 0 bridgehead atoms. The number of halogens is 4. The van der Waals surface area contributed by atoms with Crippen LogP contribution in [0, 0.1) is 12.7 Å². The molecule has 2 heterocycles. The molecule has 0 saturated heterocycles. The third kappa shape index (κ3) is 5.60. The van der Waals surface area contributed by atoms with Gasteiger partial charge in [-0.3, -0.25) is 4.98 Å². The number of aromatic nitrogens is 3. The first-order valence-electron chi connectivity index (χ1n) is 11.9. The Hall–Kier alpha value is -3.27. The van der Waals surface area contributed by atoms with Crippen LogP contribution in [0.1, 0.15) is 56.4 Å². The normalized spacial score (nSPS) is 13.3. The molecule has 3 N–H and O–H groups in total. The van der Waals surface area contributed by atoms with Gasteiger partial charge in [-0.15, -0.1) is 0 Å². The Morgan fingerprint density at radius 1 is 0.921 bits per heavy atom. The summed E-state index contributed by atoms with van der Waals surface area (Å²) < 4.78 is 43.6. The lowest BCUT2D eigenvalue weighted by Crippen LogP contribution is -2.23. The molecule has 0 radical (unpaired) electrons. The molecule has 4 rings (SSSR count). The molecule has 1 unspecified atom stereocenters. The number of fused-ring (bicyclic) bond motifs is 1. The van der Waals surface area contributed by atoms with E-state index in [9.17, 15) is 23.4 Å². The highest BCUT2D eigenvalue weighted by Crippen LogP contribution is 2.39. The zero-order valence-corrected chi connectivity index (χ0v) is 22.3. The van der Waals surface area contributed by atoms with E-state index in [4.69, 9.17) is 11.6 Å². The number of rotatable bonds is 7. The van der Waals surface area contributed by atoms with Crippen LogP contribution in [0.25, 0.3) is 22.0 Å². The molecule has 0 amide bonds. The summed E-state index contributed by atoms with van der Waals surface area (Å²) in [6.45, 7) is 7.78. The Labute approximate surface area is 223 Å². The van der Waals surface area contributed by atoms with Gasteiger partial charge in [0.2, 0.25) is 0 Å². The van der Waals surface area contributed by atoms with Crippen LogP contribution in [0.15, 0.2) is 48.8 Å². The number of nitrogens with zero attached hydrogens (tertiary/aromatic N) is 3. The van der Waals surface area contributed by atoms with Crippen LogP contribution >= 0.6 is 11.6 Å². The summed E-state index contributed by atoms with van der Waals surface area (Å²) in [5.74, 6) is -0.591. The summed E-state index contributed by atoms with van der Waals surface area (Å²) >= 11 is 6.57. The minimum absolute atomic E-state index is 0.118. The molecule has 0 aliphatic rings. The Balaban J connectivity index is 1.84. The molecular formula is C28H28ClF3N4O2. The maximum absolute atomic E-state index is 14.8. The number of anilines is 1. The van der Waals surface area contributed by atoms with Crippen molar-refractivity contribution in [2.45, 2.75) is 58.3 Å². The van der Waals surface area contributed by atoms with Crippen molar-refractivity contribution in [1.29, 1.82) is 0 Å². The number of aryl methyl sites for hydroxylation is 1. The lowest BCUT2D eigenvalue weighted by atomic mass is 9.94. The van der Waals surface area contributed by atoms with Gasteiger partial charge < -0.3 is 15.5 Å². The first kappa shape index (κ1) is 27.8. The van der Waals surface area contributed by atoms with E-state index in [1.165, 1.54) is 26.0 Å². The summed E-state index contributed by atoms with van der Waals surface area (Å²) in [6.07, 6.45) is 0.0984. The minimum Gasteiger partial charge on any atom is -0.386 e. The molecule has 1 atom stereocenters. The molecule has 38 heavy (non-hydrogen) atoms. The number of hydrogen-bond donors (Lipinski definition) is 3. The van der Waals surface area contributed by atoms with Gasteiger partial charge in [0.15, 0.2) is 5.82 Å². The van der Waals surface area contributed by atoms with E-state index in [1.54, 1.807) is 51.4 Å². The Morgan fingerprint density at radius 3 is 2.16 bits per heavy atom. The lowest BCUT2D eigenvalue weighted by Gasteiger charge is -2.25. The molecule has 0 aliphatic heterocycles. The van der Waals surface area contributed by atoms with Gasteiger partial charge in [0, 0.05) is 28.9 Å². The van der Waals surface area contributed by atoms with Crippen molar-refractivity contribution in [3.63, 3.8) is 0 Å². The van der Waals surface area contributed by atoms with Crippen LogP contribution in [0.4, 0.5) is 18.9 Å². The average molecular weight is 545 g/mol. The van der Waals surface area contributed by atoms with Crippen molar-refractivity contribution < 1.29 is 23.4 Å². The van der Waals surface area contributed by atoms with Crippen LogP contribution in [-0.2, 0) is 11.2 Å². The quantitative estimate of drug-likeness (QED) is 0.241. The fraction of sp³-hybridized carbons (Fsp3) is 0.321. The first-order chi connectivity index (χ1) is 17.7. The van der Waals surface area contributed by atoms with E-state index in [0.29, 0.717) is 33.3 Å². The van der Waals surface area contributed by atoms with E-state index in [0.717, 1.165) is 6.07 Å². The summed E-state index contributed by atoms with van der Waals surface area (Å²) in [6, 6.07) is 7.10. The first-order valence-corrected chi connectivity index (χ1v) is 12.3. The van der Waals surface area contributed by atoms with Crippen LogP contribution in [-0.4, -0.2) is 31.6 Å². The van der Waals surface area contributed by atoms with E-state index in [-0.39, 0.29) is 22.1 Å². The number of aliphatic hydroxyl groups is 2. The Bertz CT molecular complexity index is 1480. The summed E-state index contributed by atoms with van der Waals surface area (Å²) in [4.78, 5) is 12.9. The molecule has 0 aliphatic carbocycles. The molecule has 0 fully saturated rings. The van der Waals surface area contributed by atoms with Crippen molar-refractivity contribution >= 4 is 28.2 Å². The van der Waals surface area contributed by atoms with E-state index < -0.39 is 29.5 Å². The van der Waals surface area contributed by atoms with E-state index >= 15 is 0 Å². The smallest absolute Gasteiger partial charge is 0.262 e. The molecule has 6 nitrogen and oxygen atoms in total. The molecule has 2 aromatic heterocycles. The SMILES string of the molecule is Cc1nc2ccc(-c3cnc(C(C)(C)O)nc3)cc2c(NC(c2cc(C(C)(C)O)ccc2F)C(F)F)c1Cl. The molecule has 0 spiro atoms. The van der Waals surface area contributed by atoms with Gasteiger partial charge in [-0.25, -0.2) is 23.1 Å². The van der Waals surface area contributed by atoms with Crippen molar-refractivity contribution in [1.82, 2.24) is 15.0 Å². The second-order valence-electron chi connectivity index (χ2n) is 10.2. The van der Waals surface area contributed by atoms with Gasteiger partial charge in [-0.2, -0.15) is 0 Å². The number of benzene rings is 2. The second-order valence-corrected chi connectivity index (χ2v) is 10.6. The van der Waals surface area contributed by atoms with Crippen LogP contribution < -0.4 is 5.32 Å². The predicted molar refractivity (Wildman–Crippen MR) is 142 cm³/mol. The molecule has 10 heteroatoms. The van der Waals surface area contributed by atoms with Crippen molar-refractivity contribution in [3.05, 3.63) is 82.3 Å². The average Bonchev–Trinajstić information content (AvgIpc) is 2.83. The van der Waals surface area contributed by atoms with Crippen LogP contribution in [0.5, 0.6) is 0 Å². The van der Waals surface area contributed by atoms with Gasteiger partial charge in [0.25, 0.3) is 6.43 Å². The number of nitrogens with one attached hydrogen (secondary N) is 1. The highest BCUT2D eigenvalue weighted by molar-refractivity contribution is 6.35. The number of alkyl halides is 2. The molecule has 2 aromatic carbocycles. The van der Waals surface area contributed by atoms with Gasteiger partial charge in [0.1, 0.15) is 17.5 Å². The highest BCUT2D eigenvalue weighted by Gasteiger charge is 2.29. The standard InChI is InChI=1S/C28H28ClF3N4O2/c1-14-22(29)23(36-24(25(31)32)18-11-17(27(2,3)37)7-8-20(18)30)19-10-15(6-9-21(19)35-14)16-12-33-26(34-13-16)28(4,5)38/h6-13,24-25,37-38H,1-5H3,(H,35,36).